The van der Waals surface area contributed by atoms with Crippen LogP contribution in [0.1, 0.15) is 12.6 Å². The molecule has 178 valence electrons. The van der Waals surface area contributed by atoms with Gasteiger partial charge in [-0.15, -0.1) is 0 Å². The smallest absolute Gasteiger partial charge is 0.344 e. The van der Waals surface area contributed by atoms with Crippen LogP contribution >= 0.6 is 0 Å². The lowest BCUT2D eigenvalue weighted by Crippen LogP contribution is -2.34. The Morgan fingerprint density at radius 1 is 1.21 bits per heavy atom. The third-order valence-electron chi connectivity index (χ3n) is 4.98. The van der Waals surface area contributed by atoms with E-state index < -0.39 is 30.5 Å². The van der Waals surface area contributed by atoms with E-state index in [1.54, 1.807) is 24.3 Å². The van der Waals surface area contributed by atoms with Gasteiger partial charge in [0.15, 0.2) is 24.0 Å². The van der Waals surface area contributed by atoms with Crippen molar-refractivity contribution < 1.29 is 34.0 Å². The molecule has 13 nitrogen and oxygen atoms in total. The molecule has 0 saturated carbocycles. The fraction of sp³-hybridized carbons (Fsp3) is 0.381. The maximum absolute atomic E-state index is 12.0. The molecule has 4 N–H and O–H groups in total. The summed E-state index contributed by atoms with van der Waals surface area (Å²) in [6, 6.07) is 10.7. The molecule has 1 fully saturated rings. The van der Waals surface area contributed by atoms with Crippen LogP contribution in [0.5, 0.6) is 11.6 Å². The normalized spacial score (nSPS) is 21.8. The van der Waals surface area contributed by atoms with Crippen LogP contribution in [0.4, 0.5) is 5.95 Å². The molecular formula is C21H22N6O7. The molecule has 1 saturated heterocycles. The van der Waals surface area contributed by atoms with Crippen molar-refractivity contribution in [3.63, 3.8) is 0 Å². The van der Waals surface area contributed by atoms with Gasteiger partial charge in [0.05, 0.1) is 18.8 Å². The number of carbonyl (C=O) groups is 1. The van der Waals surface area contributed by atoms with E-state index in [0.29, 0.717) is 5.75 Å². The van der Waals surface area contributed by atoms with Gasteiger partial charge in [-0.25, -0.2) is 9.78 Å². The minimum atomic E-state index is -1.37. The Morgan fingerprint density at radius 3 is 2.76 bits per heavy atom. The average molecular weight is 470 g/mol. The quantitative estimate of drug-likeness (QED) is 0.280. The first-order chi connectivity index (χ1) is 16.5. The van der Waals surface area contributed by atoms with Gasteiger partial charge in [0.2, 0.25) is 11.8 Å². The van der Waals surface area contributed by atoms with E-state index >= 15 is 0 Å². The van der Waals surface area contributed by atoms with E-state index in [9.17, 15) is 15.0 Å². The van der Waals surface area contributed by atoms with Crippen LogP contribution in [-0.4, -0.2) is 73.8 Å². The highest BCUT2D eigenvalue weighted by molar-refractivity contribution is 5.77. The number of rotatable bonds is 9. The number of imidazole rings is 1. The van der Waals surface area contributed by atoms with Crippen molar-refractivity contribution in [1.29, 1.82) is 5.26 Å². The molecule has 1 aliphatic rings. The Balaban J connectivity index is 1.41. The van der Waals surface area contributed by atoms with Crippen molar-refractivity contribution in [2.75, 3.05) is 25.6 Å². The van der Waals surface area contributed by atoms with Crippen LogP contribution in [0, 0.1) is 11.3 Å². The van der Waals surface area contributed by atoms with Crippen LogP contribution in [0.2, 0.25) is 0 Å². The van der Waals surface area contributed by atoms with Crippen molar-refractivity contribution >= 4 is 23.1 Å². The number of carbonyl (C=O) groups excluding carboxylic acids is 1. The lowest BCUT2D eigenvalue weighted by Gasteiger charge is -2.16. The van der Waals surface area contributed by atoms with Gasteiger partial charge >= 0.3 is 5.97 Å². The van der Waals surface area contributed by atoms with E-state index in [0.717, 1.165) is 0 Å². The summed E-state index contributed by atoms with van der Waals surface area (Å²) in [5, 5.41) is 29.7. The second kappa shape index (κ2) is 10.3. The van der Waals surface area contributed by atoms with Crippen molar-refractivity contribution in [2.24, 2.45) is 0 Å². The highest BCUT2D eigenvalue weighted by Crippen LogP contribution is 2.33. The second-order valence-corrected chi connectivity index (χ2v) is 7.30. The zero-order valence-electron chi connectivity index (χ0n) is 17.9. The number of nitrogens with zero attached hydrogens (tertiary/aromatic N) is 5. The number of ether oxygens (including phenoxy) is 4. The largest absolute Gasteiger partial charge is 0.482 e. The van der Waals surface area contributed by atoms with Gasteiger partial charge in [0.1, 0.15) is 37.3 Å². The molecule has 1 aromatic carbocycles. The Bertz CT molecular complexity index is 1180. The first-order valence-corrected chi connectivity index (χ1v) is 10.3. The minimum absolute atomic E-state index is 0.0773. The van der Waals surface area contributed by atoms with Crippen molar-refractivity contribution in [3.05, 3.63) is 36.7 Å². The third-order valence-corrected chi connectivity index (χ3v) is 4.98. The van der Waals surface area contributed by atoms with Crippen molar-refractivity contribution in [2.45, 2.75) is 31.0 Å². The molecule has 4 atom stereocenters. The number of benzene rings is 1. The molecule has 4 rings (SSSR count). The first kappa shape index (κ1) is 23.2. The van der Waals surface area contributed by atoms with E-state index in [2.05, 4.69) is 15.0 Å². The number of hydrogen-bond acceptors (Lipinski definition) is 12. The molecule has 0 spiro atoms. The summed E-state index contributed by atoms with van der Waals surface area (Å²) >= 11 is 0. The van der Waals surface area contributed by atoms with Gasteiger partial charge in [0.25, 0.3) is 0 Å². The number of aromatic nitrogens is 4. The Hall–Kier alpha value is -3.99. The number of esters is 1. The predicted molar refractivity (Wildman–Crippen MR) is 114 cm³/mol. The Kier molecular flexibility index (Phi) is 7.02. The molecule has 2 aromatic heterocycles. The molecule has 34 heavy (non-hydrogen) atoms. The lowest BCUT2D eigenvalue weighted by atomic mass is 10.1. The summed E-state index contributed by atoms with van der Waals surface area (Å²) in [4.78, 5) is 24.3. The molecular weight excluding hydrogens is 448 g/mol. The maximum Gasteiger partial charge on any atom is 0.344 e. The number of fused-ring (bicyclic) bond motifs is 1. The summed E-state index contributed by atoms with van der Waals surface area (Å²) in [5.41, 5.74) is 6.21. The van der Waals surface area contributed by atoms with Crippen LogP contribution in [0.15, 0.2) is 36.7 Å². The number of nitrogen functional groups attached to an aromatic ring is 1. The highest BCUT2D eigenvalue weighted by atomic mass is 16.6. The molecule has 0 radical (unpaired) electrons. The summed E-state index contributed by atoms with van der Waals surface area (Å²) in [6.45, 7) is -0.550. The monoisotopic (exact) mass is 470 g/mol. The van der Waals surface area contributed by atoms with Crippen molar-refractivity contribution in [1.82, 2.24) is 19.5 Å². The number of anilines is 1. The Morgan fingerprint density at radius 2 is 2.00 bits per heavy atom. The average Bonchev–Trinajstić information content (AvgIpc) is 3.38. The van der Waals surface area contributed by atoms with E-state index in [1.165, 1.54) is 10.9 Å². The number of hydrogen-bond donors (Lipinski definition) is 3. The number of nitriles is 1. The fourth-order valence-corrected chi connectivity index (χ4v) is 3.36. The molecule has 0 bridgehead atoms. The number of aliphatic hydroxyl groups is 2. The Labute approximate surface area is 193 Å². The molecule has 1 aliphatic heterocycles. The van der Waals surface area contributed by atoms with E-state index in [-0.39, 0.29) is 49.2 Å². The van der Waals surface area contributed by atoms with E-state index in [1.807, 2.05) is 12.1 Å². The standard InChI is InChI=1S/C21H22N6O7/c22-7-4-8-31-19-15-18(25-21(23)26-19)27(11-24-15)20-17(30)16(29)13(34-20)9-33-14(28)10-32-12-5-2-1-3-6-12/h1-3,5-6,11,13,16-17,20,29-30H,4,8-10H2,(H2,23,25,26)/t13-,16-,17-,20-/m1/s1. The van der Waals surface area contributed by atoms with Gasteiger partial charge in [-0.3, -0.25) is 4.57 Å². The van der Waals surface area contributed by atoms with Crippen LogP contribution in [0.25, 0.3) is 11.2 Å². The second-order valence-electron chi connectivity index (χ2n) is 7.30. The van der Waals surface area contributed by atoms with Gasteiger partial charge in [-0.05, 0) is 12.1 Å². The highest BCUT2D eigenvalue weighted by Gasteiger charge is 2.45. The van der Waals surface area contributed by atoms with Crippen LogP contribution in [-0.2, 0) is 14.3 Å². The molecule has 0 amide bonds. The summed E-state index contributed by atoms with van der Waals surface area (Å²) < 4.78 is 23.0. The van der Waals surface area contributed by atoms with Gasteiger partial charge in [0, 0.05) is 0 Å². The van der Waals surface area contributed by atoms with Crippen LogP contribution in [0.3, 0.4) is 0 Å². The van der Waals surface area contributed by atoms with E-state index in [4.69, 9.17) is 29.9 Å². The first-order valence-electron chi connectivity index (χ1n) is 10.3. The third kappa shape index (κ3) is 4.99. The molecule has 3 heterocycles. The molecule has 0 aliphatic carbocycles. The number of aliphatic hydroxyl groups excluding tert-OH is 2. The van der Waals surface area contributed by atoms with Gasteiger partial charge in [-0.2, -0.15) is 15.2 Å². The molecule has 13 heteroatoms. The van der Waals surface area contributed by atoms with Crippen LogP contribution < -0.4 is 15.2 Å². The van der Waals surface area contributed by atoms with Gasteiger partial charge < -0.3 is 34.9 Å². The number of para-hydroxylation sites is 1. The van der Waals surface area contributed by atoms with Crippen molar-refractivity contribution in [3.8, 4) is 17.7 Å². The maximum atomic E-state index is 12.0. The summed E-state index contributed by atoms with van der Waals surface area (Å²) in [7, 11) is 0. The lowest BCUT2D eigenvalue weighted by molar-refractivity contribution is -0.152. The molecule has 3 aromatic rings. The predicted octanol–water partition coefficient (Wildman–Crippen LogP) is -0.0576. The minimum Gasteiger partial charge on any atom is -0.482 e. The summed E-state index contributed by atoms with van der Waals surface area (Å²) in [6.07, 6.45) is -3.36. The number of nitrogens with two attached hydrogens (primary N) is 1. The SMILES string of the molecule is N#CCCOc1nc(N)nc2c1ncn2[C@@H]1O[C@H](COC(=O)COc2ccccc2)[C@@H](O)[C@H]1O. The molecule has 0 unspecified atom stereocenters. The summed E-state index contributed by atoms with van der Waals surface area (Å²) in [5.74, 6) is -0.187. The fourth-order valence-electron chi connectivity index (χ4n) is 3.36. The zero-order chi connectivity index (χ0) is 24.1. The van der Waals surface area contributed by atoms with Gasteiger partial charge in [-0.1, -0.05) is 18.2 Å². The zero-order valence-corrected chi connectivity index (χ0v) is 17.9. The topological polar surface area (TPSA) is 188 Å².